The van der Waals surface area contributed by atoms with E-state index in [9.17, 15) is 14.0 Å². The van der Waals surface area contributed by atoms with Gasteiger partial charge in [0.1, 0.15) is 5.82 Å². The molecule has 0 radical (unpaired) electrons. The second-order valence-corrected chi connectivity index (χ2v) is 5.11. The van der Waals surface area contributed by atoms with Crippen molar-refractivity contribution in [3.05, 3.63) is 71.7 Å². The second-order valence-electron chi connectivity index (χ2n) is 5.11. The smallest absolute Gasteiger partial charge is 0.362 e. The zero-order valence-electron chi connectivity index (χ0n) is 13.7. The van der Waals surface area contributed by atoms with Crippen LogP contribution in [0.15, 0.2) is 59.0 Å². The fourth-order valence-electron chi connectivity index (χ4n) is 2.17. The van der Waals surface area contributed by atoms with Gasteiger partial charge in [0, 0.05) is 5.56 Å². The maximum Gasteiger partial charge on any atom is 0.362 e. The van der Waals surface area contributed by atoms with Crippen LogP contribution in [0, 0.1) is 5.82 Å². The van der Waals surface area contributed by atoms with E-state index in [2.05, 4.69) is 20.6 Å². The van der Waals surface area contributed by atoms with Crippen LogP contribution in [0.1, 0.15) is 20.8 Å². The first kappa shape index (κ1) is 17.2. The molecule has 0 saturated heterocycles. The first-order valence-electron chi connectivity index (χ1n) is 7.55. The molecule has 0 bridgehead atoms. The fraction of sp³-hybridized carbons (Fsp3) is 0.0556. The lowest BCUT2D eigenvalue weighted by atomic mass is 10.2. The topological polar surface area (TPSA) is 93.5 Å². The zero-order chi connectivity index (χ0) is 18.5. The Kier molecular flexibility index (Phi) is 4.93. The molecular formula is C18H14FN3O4. The van der Waals surface area contributed by atoms with Crippen LogP contribution in [-0.4, -0.2) is 24.0 Å². The normalized spacial score (nSPS) is 10.2. The molecule has 0 aliphatic carbocycles. The highest BCUT2D eigenvalue weighted by molar-refractivity contribution is 5.96. The van der Waals surface area contributed by atoms with Crippen molar-refractivity contribution in [2.45, 2.75) is 0 Å². The van der Waals surface area contributed by atoms with Gasteiger partial charge in [0.05, 0.1) is 12.7 Å². The Bertz CT molecular complexity index is 941. The molecular weight excluding hydrogens is 341 g/mol. The number of amides is 1. The number of carbonyl (C=O) groups excluding carboxylic acids is 2. The van der Waals surface area contributed by atoms with Gasteiger partial charge in [-0.15, -0.1) is 0 Å². The van der Waals surface area contributed by atoms with Crippen molar-refractivity contribution in [1.82, 2.24) is 10.4 Å². The van der Waals surface area contributed by atoms with Crippen LogP contribution in [0.2, 0.25) is 0 Å². The number of aromatic nitrogens is 1. The van der Waals surface area contributed by atoms with Gasteiger partial charge >= 0.3 is 5.97 Å². The van der Waals surface area contributed by atoms with Gasteiger partial charge in [0.25, 0.3) is 5.91 Å². The molecule has 0 saturated carbocycles. The molecule has 1 aromatic heterocycles. The fourth-order valence-corrected chi connectivity index (χ4v) is 2.17. The first-order chi connectivity index (χ1) is 12.6. The molecule has 8 heteroatoms. The Morgan fingerprint density at radius 2 is 1.77 bits per heavy atom. The van der Waals surface area contributed by atoms with Crippen molar-refractivity contribution in [3.63, 3.8) is 0 Å². The summed E-state index contributed by atoms with van der Waals surface area (Å²) in [7, 11) is 1.20. The molecule has 7 nitrogen and oxygen atoms in total. The minimum Gasteiger partial charge on any atom is -0.464 e. The standard InChI is InChI=1S/C18H14FN3O4/c1-25-18(24)14-17(26-16(20-14)11-7-3-2-4-8-11)22-21-15(23)12-9-5-6-10-13(12)19/h2-10,22H,1H3,(H,21,23). The number of benzene rings is 2. The highest BCUT2D eigenvalue weighted by Crippen LogP contribution is 2.25. The van der Waals surface area contributed by atoms with Gasteiger partial charge in [0.15, 0.2) is 0 Å². The van der Waals surface area contributed by atoms with Gasteiger partial charge in [-0.05, 0) is 24.3 Å². The minimum absolute atomic E-state index is 0.125. The molecule has 0 fully saturated rings. The van der Waals surface area contributed by atoms with E-state index in [0.717, 1.165) is 6.07 Å². The van der Waals surface area contributed by atoms with E-state index >= 15 is 0 Å². The van der Waals surface area contributed by atoms with Gasteiger partial charge in [-0.3, -0.25) is 15.6 Å². The van der Waals surface area contributed by atoms with Crippen LogP contribution in [0.5, 0.6) is 0 Å². The third-order valence-corrected chi connectivity index (χ3v) is 3.43. The highest BCUT2D eigenvalue weighted by Gasteiger charge is 2.22. The predicted octanol–water partition coefficient (Wildman–Crippen LogP) is 3.02. The lowest BCUT2D eigenvalue weighted by Crippen LogP contribution is -2.30. The Balaban J connectivity index is 1.84. The quantitative estimate of drug-likeness (QED) is 0.540. The summed E-state index contributed by atoms with van der Waals surface area (Å²) < 4.78 is 23.8. The summed E-state index contributed by atoms with van der Waals surface area (Å²) in [5.74, 6) is -2.13. The number of carbonyl (C=O) groups is 2. The number of anilines is 1. The van der Waals surface area contributed by atoms with Gasteiger partial charge in [-0.1, -0.05) is 30.3 Å². The summed E-state index contributed by atoms with van der Waals surface area (Å²) in [4.78, 5) is 28.1. The van der Waals surface area contributed by atoms with Crippen LogP contribution in [0.3, 0.4) is 0 Å². The van der Waals surface area contributed by atoms with Crippen molar-refractivity contribution in [3.8, 4) is 11.5 Å². The maximum atomic E-state index is 13.7. The molecule has 0 spiro atoms. The summed E-state index contributed by atoms with van der Waals surface area (Å²) in [6.45, 7) is 0. The summed E-state index contributed by atoms with van der Waals surface area (Å²) in [5.41, 5.74) is 5.03. The van der Waals surface area contributed by atoms with Crippen molar-refractivity contribution in [2.75, 3.05) is 12.5 Å². The lowest BCUT2D eigenvalue weighted by Gasteiger charge is -2.07. The van der Waals surface area contributed by atoms with E-state index < -0.39 is 17.7 Å². The van der Waals surface area contributed by atoms with Crippen LogP contribution in [-0.2, 0) is 4.74 Å². The SMILES string of the molecule is COC(=O)c1nc(-c2ccccc2)oc1NNC(=O)c1ccccc1F. The summed E-state index contributed by atoms with van der Waals surface area (Å²) in [6, 6.07) is 14.4. The molecule has 1 amide bonds. The molecule has 0 aliphatic heterocycles. The number of ether oxygens (including phenoxy) is 1. The van der Waals surface area contributed by atoms with Gasteiger partial charge < -0.3 is 9.15 Å². The van der Waals surface area contributed by atoms with E-state index in [1.165, 1.54) is 25.3 Å². The lowest BCUT2D eigenvalue weighted by molar-refractivity contribution is 0.0595. The largest absolute Gasteiger partial charge is 0.464 e. The number of oxazole rings is 1. The molecule has 3 rings (SSSR count). The molecule has 26 heavy (non-hydrogen) atoms. The van der Waals surface area contributed by atoms with Crippen molar-refractivity contribution >= 4 is 17.8 Å². The molecule has 2 N–H and O–H groups in total. The third kappa shape index (κ3) is 3.54. The monoisotopic (exact) mass is 355 g/mol. The van der Waals surface area contributed by atoms with Crippen LogP contribution < -0.4 is 10.9 Å². The minimum atomic E-state index is -0.751. The zero-order valence-corrected chi connectivity index (χ0v) is 13.7. The maximum absolute atomic E-state index is 13.7. The number of halogens is 1. The molecule has 132 valence electrons. The third-order valence-electron chi connectivity index (χ3n) is 3.43. The van der Waals surface area contributed by atoms with E-state index in [1.54, 1.807) is 24.3 Å². The molecule has 1 heterocycles. The van der Waals surface area contributed by atoms with E-state index in [-0.39, 0.29) is 23.0 Å². The molecule has 0 aliphatic rings. The van der Waals surface area contributed by atoms with Crippen LogP contribution >= 0.6 is 0 Å². The predicted molar refractivity (Wildman–Crippen MR) is 90.8 cm³/mol. The molecule has 0 unspecified atom stereocenters. The Labute approximate surface area is 147 Å². The number of esters is 1. The average Bonchev–Trinajstić information content (AvgIpc) is 3.11. The first-order valence-corrected chi connectivity index (χ1v) is 7.55. The highest BCUT2D eigenvalue weighted by atomic mass is 19.1. The van der Waals surface area contributed by atoms with Gasteiger partial charge in [-0.25, -0.2) is 9.18 Å². The number of nitrogens with zero attached hydrogens (tertiary/aromatic N) is 1. The van der Waals surface area contributed by atoms with Crippen molar-refractivity contribution in [1.29, 1.82) is 0 Å². The van der Waals surface area contributed by atoms with Gasteiger partial charge in [-0.2, -0.15) is 4.98 Å². The number of hydrogen-bond acceptors (Lipinski definition) is 6. The Morgan fingerprint density at radius 3 is 2.46 bits per heavy atom. The van der Waals surface area contributed by atoms with Crippen molar-refractivity contribution < 1.29 is 23.1 Å². The average molecular weight is 355 g/mol. The van der Waals surface area contributed by atoms with E-state index in [4.69, 9.17) is 4.42 Å². The summed E-state index contributed by atoms with van der Waals surface area (Å²) in [5, 5.41) is 0. The number of methoxy groups -OCH3 is 1. The molecule has 0 atom stereocenters. The summed E-state index contributed by atoms with van der Waals surface area (Å²) in [6.07, 6.45) is 0. The Morgan fingerprint density at radius 1 is 1.08 bits per heavy atom. The Hall–Kier alpha value is -3.68. The number of hydrogen-bond donors (Lipinski definition) is 2. The van der Waals surface area contributed by atoms with Crippen molar-refractivity contribution in [2.24, 2.45) is 0 Å². The van der Waals surface area contributed by atoms with Crippen LogP contribution in [0.4, 0.5) is 10.3 Å². The van der Waals surface area contributed by atoms with Gasteiger partial charge in [0.2, 0.25) is 17.5 Å². The number of rotatable bonds is 5. The second kappa shape index (κ2) is 7.47. The summed E-state index contributed by atoms with van der Waals surface area (Å²) >= 11 is 0. The molecule has 3 aromatic rings. The molecule has 2 aromatic carbocycles. The van der Waals surface area contributed by atoms with E-state index in [1.807, 2.05) is 6.07 Å². The number of nitrogens with one attached hydrogen (secondary N) is 2. The van der Waals surface area contributed by atoms with Crippen LogP contribution in [0.25, 0.3) is 11.5 Å². The van der Waals surface area contributed by atoms with E-state index in [0.29, 0.717) is 5.56 Å². The number of hydrazine groups is 1.